The van der Waals surface area contributed by atoms with Crippen LogP contribution in [0.2, 0.25) is 5.02 Å². The summed E-state index contributed by atoms with van der Waals surface area (Å²) in [4.78, 5) is 6.97. The van der Waals surface area contributed by atoms with Crippen molar-refractivity contribution in [1.29, 1.82) is 0 Å². The lowest BCUT2D eigenvalue weighted by Crippen LogP contribution is -2.40. The molecule has 1 fully saturated rings. The number of hydrogen-bond acceptors (Lipinski definition) is 2. The number of likely N-dealkylation sites (tertiary alicyclic amines) is 1. The minimum atomic E-state index is -0.403. The summed E-state index contributed by atoms with van der Waals surface area (Å²) in [6, 6.07) is 4.73. The van der Waals surface area contributed by atoms with Gasteiger partial charge in [-0.3, -0.25) is 4.68 Å². The normalized spacial score (nSPS) is 18.0. The van der Waals surface area contributed by atoms with Crippen LogP contribution in [0.15, 0.2) is 35.6 Å². The summed E-state index contributed by atoms with van der Waals surface area (Å²) < 4.78 is 15.1. The Balaban J connectivity index is 1.69. The molecule has 1 unspecified atom stereocenters. The van der Waals surface area contributed by atoms with Crippen molar-refractivity contribution in [3.63, 3.8) is 0 Å². The summed E-state index contributed by atoms with van der Waals surface area (Å²) in [5.74, 6) is 0.951. The van der Waals surface area contributed by atoms with Crippen LogP contribution in [0.5, 0.6) is 0 Å². The van der Waals surface area contributed by atoms with Crippen LogP contribution in [0.4, 0.5) is 4.39 Å². The van der Waals surface area contributed by atoms with Crippen LogP contribution in [0.25, 0.3) is 0 Å². The molecule has 0 amide bonds. The van der Waals surface area contributed by atoms with Crippen LogP contribution in [-0.2, 0) is 13.6 Å². The van der Waals surface area contributed by atoms with Crippen LogP contribution < -0.4 is 5.32 Å². The number of benzene rings is 1. The Labute approximate surface area is 152 Å². The van der Waals surface area contributed by atoms with Crippen molar-refractivity contribution < 1.29 is 4.39 Å². The Bertz CT molecular complexity index is 758. The van der Waals surface area contributed by atoms with Crippen molar-refractivity contribution in [1.82, 2.24) is 20.0 Å². The van der Waals surface area contributed by atoms with Crippen molar-refractivity contribution in [2.24, 2.45) is 12.0 Å². The first-order chi connectivity index (χ1) is 12.1. The number of halogens is 2. The second-order valence-corrected chi connectivity index (χ2v) is 6.70. The summed E-state index contributed by atoms with van der Waals surface area (Å²) in [6.07, 6.45) is 5.11. The monoisotopic (exact) mass is 363 g/mol. The van der Waals surface area contributed by atoms with Crippen LogP contribution >= 0.6 is 11.6 Å². The Morgan fingerprint density at radius 1 is 1.48 bits per heavy atom. The zero-order valence-corrected chi connectivity index (χ0v) is 15.3. The highest BCUT2D eigenvalue weighted by molar-refractivity contribution is 6.30. The lowest BCUT2D eigenvalue weighted by Gasteiger charge is -2.21. The standard InChI is InChI=1S/C18H23ClFN5/c1-3-21-18(22-9-13-4-5-17(20)16(19)8-13)25-7-6-14(12-25)15-10-23-24(2)11-15/h4-5,8,10-11,14H,3,6-7,9,12H2,1-2H3,(H,21,22). The van der Waals surface area contributed by atoms with E-state index >= 15 is 0 Å². The van der Waals surface area contributed by atoms with Crippen LogP contribution in [-0.4, -0.2) is 40.3 Å². The number of aromatic nitrogens is 2. The van der Waals surface area contributed by atoms with E-state index in [0.717, 1.165) is 37.6 Å². The predicted molar refractivity (Wildman–Crippen MR) is 98.4 cm³/mol. The quantitative estimate of drug-likeness (QED) is 0.670. The van der Waals surface area contributed by atoms with Crippen LogP contribution in [0.3, 0.4) is 0 Å². The molecule has 1 aliphatic rings. The van der Waals surface area contributed by atoms with Crippen LogP contribution in [0.1, 0.15) is 30.4 Å². The van der Waals surface area contributed by atoms with Gasteiger partial charge in [0.25, 0.3) is 0 Å². The molecule has 25 heavy (non-hydrogen) atoms. The highest BCUT2D eigenvalue weighted by Crippen LogP contribution is 2.26. The van der Waals surface area contributed by atoms with Gasteiger partial charge in [-0.1, -0.05) is 17.7 Å². The Kier molecular flexibility index (Phi) is 5.58. The Morgan fingerprint density at radius 2 is 2.32 bits per heavy atom. The molecule has 1 atom stereocenters. The van der Waals surface area contributed by atoms with Gasteiger partial charge in [-0.2, -0.15) is 5.10 Å². The number of rotatable bonds is 4. The molecule has 2 aromatic rings. The SMILES string of the molecule is CCNC(=NCc1ccc(F)c(Cl)c1)N1CCC(c2cnn(C)c2)C1. The first-order valence-corrected chi connectivity index (χ1v) is 8.90. The molecular formula is C18H23ClFN5. The maximum atomic E-state index is 13.3. The molecule has 2 heterocycles. The summed E-state index contributed by atoms with van der Waals surface area (Å²) in [7, 11) is 1.94. The van der Waals surface area contributed by atoms with Gasteiger partial charge in [0.05, 0.1) is 17.8 Å². The molecular weight excluding hydrogens is 341 g/mol. The lowest BCUT2D eigenvalue weighted by molar-refractivity contribution is 0.486. The lowest BCUT2D eigenvalue weighted by atomic mass is 10.0. The van der Waals surface area contributed by atoms with Gasteiger partial charge < -0.3 is 10.2 Å². The first-order valence-electron chi connectivity index (χ1n) is 8.52. The molecule has 1 saturated heterocycles. The molecule has 5 nitrogen and oxygen atoms in total. The maximum absolute atomic E-state index is 13.3. The fourth-order valence-electron chi connectivity index (χ4n) is 3.11. The highest BCUT2D eigenvalue weighted by atomic mass is 35.5. The molecule has 0 bridgehead atoms. The number of hydrogen-bond donors (Lipinski definition) is 1. The van der Waals surface area contributed by atoms with E-state index in [-0.39, 0.29) is 5.02 Å². The van der Waals surface area contributed by atoms with E-state index in [9.17, 15) is 4.39 Å². The van der Waals surface area contributed by atoms with Gasteiger partial charge in [0, 0.05) is 38.8 Å². The Morgan fingerprint density at radius 3 is 3.00 bits per heavy atom. The molecule has 0 aliphatic carbocycles. The number of nitrogens with one attached hydrogen (secondary N) is 1. The molecule has 0 saturated carbocycles. The molecule has 3 rings (SSSR count). The minimum absolute atomic E-state index is 0.135. The van der Waals surface area contributed by atoms with Gasteiger partial charge in [0.2, 0.25) is 0 Å². The third-order valence-electron chi connectivity index (χ3n) is 4.41. The summed E-state index contributed by atoms with van der Waals surface area (Å²) >= 11 is 5.85. The number of guanidine groups is 1. The fourth-order valence-corrected chi connectivity index (χ4v) is 3.31. The van der Waals surface area contributed by atoms with E-state index in [1.54, 1.807) is 12.1 Å². The van der Waals surface area contributed by atoms with Crippen molar-refractivity contribution >= 4 is 17.6 Å². The van der Waals surface area contributed by atoms with Crippen molar-refractivity contribution in [3.05, 3.63) is 52.6 Å². The van der Waals surface area contributed by atoms with E-state index < -0.39 is 5.82 Å². The number of nitrogens with zero attached hydrogens (tertiary/aromatic N) is 4. The van der Waals surface area contributed by atoms with Crippen molar-refractivity contribution in [2.75, 3.05) is 19.6 Å². The first kappa shape index (κ1) is 17.7. The Hall–Kier alpha value is -2.08. The van der Waals surface area contributed by atoms with E-state index in [4.69, 9.17) is 16.6 Å². The molecule has 1 aromatic carbocycles. The average Bonchev–Trinajstić information content (AvgIpc) is 3.23. The second-order valence-electron chi connectivity index (χ2n) is 6.30. The van der Waals surface area contributed by atoms with Crippen LogP contribution in [0, 0.1) is 5.82 Å². The largest absolute Gasteiger partial charge is 0.357 e. The topological polar surface area (TPSA) is 45.5 Å². The number of aliphatic imine (C=N–C) groups is 1. The third-order valence-corrected chi connectivity index (χ3v) is 4.70. The third kappa shape index (κ3) is 4.31. The molecule has 1 N–H and O–H groups in total. The maximum Gasteiger partial charge on any atom is 0.194 e. The molecule has 0 spiro atoms. The fraction of sp³-hybridized carbons (Fsp3) is 0.444. The van der Waals surface area contributed by atoms with Gasteiger partial charge in [0.15, 0.2) is 5.96 Å². The highest BCUT2D eigenvalue weighted by Gasteiger charge is 2.26. The molecule has 0 radical (unpaired) electrons. The van der Waals surface area contributed by atoms with Gasteiger partial charge in [-0.15, -0.1) is 0 Å². The van der Waals surface area contributed by atoms with E-state index in [0.29, 0.717) is 12.5 Å². The summed E-state index contributed by atoms with van der Waals surface area (Å²) in [5.41, 5.74) is 2.16. The van der Waals surface area contributed by atoms with E-state index in [2.05, 4.69) is 28.4 Å². The van der Waals surface area contributed by atoms with E-state index in [1.165, 1.54) is 11.6 Å². The molecule has 1 aliphatic heterocycles. The summed E-state index contributed by atoms with van der Waals surface area (Å²) in [6.45, 7) is 5.20. The van der Waals surface area contributed by atoms with Gasteiger partial charge in [0.1, 0.15) is 5.82 Å². The van der Waals surface area contributed by atoms with Gasteiger partial charge in [-0.05, 0) is 36.6 Å². The average molecular weight is 364 g/mol. The molecule has 7 heteroatoms. The molecule has 1 aromatic heterocycles. The molecule has 134 valence electrons. The zero-order valence-electron chi connectivity index (χ0n) is 14.5. The summed E-state index contributed by atoms with van der Waals surface area (Å²) in [5, 5.41) is 7.75. The van der Waals surface area contributed by atoms with Crippen molar-refractivity contribution in [3.8, 4) is 0 Å². The zero-order chi connectivity index (χ0) is 17.8. The second kappa shape index (κ2) is 7.87. The van der Waals surface area contributed by atoms with Crippen molar-refractivity contribution in [2.45, 2.75) is 25.8 Å². The predicted octanol–water partition coefficient (Wildman–Crippen LogP) is 3.17. The minimum Gasteiger partial charge on any atom is -0.357 e. The smallest absolute Gasteiger partial charge is 0.194 e. The van der Waals surface area contributed by atoms with E-state index in [1.807, 2.05) is 17.9 Å². The van der Waals surface area contributed by atoms with Gasteiger partial charge in [-0.25, -0.2) is 9.38 Å². The number of aryl methyl sites for hydroxylation is 1. The van der Waals surface area contributed by atoms with Gasteiger partial charge >= 0.3 is 0 Å².